The van der Waals surface area contributed by atoms with Gasteiger partial charge in [0, 0.05) is 35.6 Å². The van der Waals surface area contributed by atoms with Gasteiger partial charge < -0.3 is 10.3 Å². The predicted molar refractivity (Wildman–Crippen MR) is 148 cm³/mol. The minimum Gasteiger partial charge on any atom is -0.336 e. The summed E-state index contributed by atoms with van der Waals surface area (Å²) in [6.45, 7) is 0. The van der Waals surface area contributed by atoms with Gasteiger partial charge in [-0.25, -0.2) is 9.97 Å². The zero-order valence-corrected chi connectivity index (χ0v) is 21.6. The predicted octanol–water partition coefficient (Wildman–Crippen LogP) is 6.34. The largest absolute Gasteiger partial charge is 0.336 e. The van der Waals surface area contributed by atoms with E-state index in [4.69, 9.17) is 4.98 Å². The van der Waals surface area contributed by atoms with E-state index in [0.29, 0.717) is 38.9 Å². The molecule has 0 saturated heterocycles. The van der Waals surface area contributed by atoms with Gasteiger partial charge in [0.15, 0.2) is 16.6 Å². The van der Waals surface area contributed by atoms with Gasteiger partial charge in [0.25, 0.3) is 0 Å². The number of thiophene rings is 1. The standard InChI is InChI=1S/C28H23FN8OS/c29-22-7-6-21(39-22)25-24-20(8-9-31-25)34-27(35-24)23-19-11-17(13-32-26(19)37-36-23)16-10-18(14-30-12-16)33-28(38)15-4-2-1-3-5-15/h6-15H,1-5H2,(H,33,38)(H,34,35)(H,32,36,37). The minimum atomic E-state index is -0.274. The van der Waals surface area contributed by atoms with Crippen LogP contribution in [-0.2, 0) is 4.79 Å². The number of fused-ring (bicyclic) bond motifs is 2. The van der Waals surface area contributed by atoms with E-state index in [-0.39, 0.29) is 17.0 Å². The van der Waals surface area contributed by atoms with Crippen molar-refractivity contribution in [1.82, 2.24) is 35.1 Å². The first-order valence-electron chi connectivity index (χ1n) is 12.8. The molecule has 0 bridgehead atoms. The summed E-state index contributed by atoms with van der Waals surface area (Å²) >= 11 is 1.03. The smallest absolute Gasteiger partial charge is 0.227 e. The molecule has 6 aromatic heterocycles. The van der Waals surface area contributed by atoms with Crippen LogP contribution >= 0.6 is 11.3 Å². The van der Waals surface area contributed by atoms with Crippen LogP contribution < -0.4 is 5.32 Å². The number of pyridine rings is 3. The highest BCUT2D eigenvalue weighted by molar-refractivity contribution is 7.13. The maximum absolute atomic E-state index is 13.7. The molecular weight excluding hydrogens is 515 g/mol. The normalized spacial score (nSPS) is 14.3. The SMILES string of the molecule is O=C(Nc1cncc(-c2cnc3[nH]nc(-c4nc5c(-c6ccc(F)s6)nccc5[nH]4)c3c2)c1)C1CCCCC1. The molecule has 194 valence electrons. The van der Waals surface area contributed by atoms with Crippen molar-refractivity contribution in [1.29, 1.82) is 0 Å². The summed E-state index contributed by atoms with van der Waals surface area (Å²) in [7, 11) is 0. The summed E-state index contributed by atoms with van der Waals surface area (Å²) in [5.41, 5.74) is 5.57. The highest BCUT2D eigenvalue weighted by atomic mass is 32.1. The Kier molecular flexibility index (Phi) is 5.85. The van der Waals surface area contributed by atoms with Crippen molar-refractivity contribution >= 4 is 45.0 Å². The Labute approximate surface area is 226 Å². The van der Waals surface area contributed by atoms with Crippen LogP contribution in [-0.4, -0.2) is 41.0 Å². The fraction of sp³-hybridized carbons (Fsp3) is 0.214. The number of imidazole rings is 1. The minimum absolute atomic E-state index is 0.0587. The van der Waals surface area contributed by atoms with Crippen molar-refractivity contribution in [3.05, 3.63) is 60.3 Å². The van der Waals surface area contributed by atoms with Gasteiger partial charge in [-0.15, -0.1) is 11.3 Å². The Balaban J connectivity index is 1.22. The third-order valence-corrected chi connectivity index (χ3v) is 8.04. The molecule has 0 aromatic carbocycles. The number of nitrogens with zero attached hydrogens (tertiary/aromatic N) is 5. The average molecular weight is 539 g/mol. The molecule has 11 heteroatoms. The summed E-state index contributed by atoms with van der Waals surface area (Å²) in [4.78, 5) is 34.9. The second kappa shape index (κ2) is 9.66. The topological polar surface area (TPSA) is 125 Å². The molecule has 1 amide bonds. The number of carbonyl (C=O) groups excluding carboxylic acids is 1. The summed E-state index contributed by atoms with van der Waals surface area (Å²) < 4.78 is 13.7. The zero-order valence-electron chi connectivity index (χ0n) is 20.7. The molecule has 6 heterocycles. The van der Waals surface area contributed by atoms with E-state index in [2.05, 4.69) is 35.5 Å². The van der Waals surface area contributed by atoms with Crippen LogP contribution in [0.3, 0.4) is 0 Å². The lowest BCUT2D eigenvalue weighted by Crippen LogP contribution is -2.24. The molecule has 0 spiro atoms. The van der Waals surface area contributed by atoms with Crippen molar-refractivity contribution in [2.45, 2.75) is 32.1 Å². The lowest BCUT2D eigenvalue weighted by atomic mass is 9.88. The van der Waals surface area contributed by atoms with Crippen LogP contribution in [0.4, 0.5) is 10.1 Å². The van der Waals surface area contributed by atoms with Crippen molar-refractivity contribution in [3.63, 3.8) is 0 Å². The van der Waals surface area contributed by atoms with Gasteiger partial charge in [0.1, 0.15) is 16.9 Å². The lowest BCUT2D eigenvalue weighted by Gasteiger charge is -2.20. The van der Waals surface area contributed by atoms with Gasteiger partial charge in [0.2, 0.25) is 5.91 Å². The molecule has 0 radical (unpaired) electrons. The molecule has 6 aromatic rings. The van der Waals surface area contributed by atoms with Crippen molar-refractivity contribution in [2.24, 2.45) is 5.92 Å². The number of H-pyrrole nitrogens is 2. The van der Waals surface area contributed by atoms with Gasteiger partial charge in [-0.05, 0) is 43.2 Å². The first kappa shape index (κ1) is 23.6. The van der Waals surface area contributed by atoms with E-state index in [1.165, 1.54) is 12.5 Å². The molecule has 1 aliphatic carbocycles. The summed E-state index contributed by atoms with van der Waals surface area (Å²) in [6, 6.07) is 8.85. The molecule has 1 saturated carbocycles. The Bertz CT molecular complexity index is 1830. The molecule has 0 aliphatic heterocycles. The van der Waals surface area contributed by atoms with E-state index in [1.807, 2.05) is 18.2 Å². The van der Waals surface area contributed by atoms with Crippen LogP contribution in [0.5, 0.6) is 0 Å². The molecular formula is C28H23FN8OS. The highest BCUT2D eigenvalue weighted by Gasteiger charge is 2.22. The number of hydrogen-bond donors (Lipinski definition) is 3. The Morgan fingerprint density at radius 3 is 2.72 bits per heavy atom. The number of amides is 1. The van der Waals surface area contributed by atoms with Crippen LogP contribution in [0.25, 0.3) is 55.3 Å². The van der Waals surface area contributed by atoms with Crippen LogP contribution in [0.1, 0.15) is 32.1 Å². The van der Waals surface area contributed by atoms with Crippen molar-refractivity contribution in [2.75, 3.05) is 5.32 Å². The first-order chi connectivity index (χ1) is 19.1. The second-order valence-corrected chi connectivity index (χ2v) is 10.8. The van der Waals surface area contributed by atoms with E-state index >= 15 is 0 Å². The number of rotatable bonds is 5. The molecule has 7 rings (SSSR count). The molecule has 39 heavy (non-hydrogen) atoms. The fourth-order valence-electron chi connectivity index (χ4n) is 5.19. The Morgan fingerprint density at radius 1 is 1.00 bits per heavy atom. The monoisotopic (exact) mass is 538 g/mol. The zero-order chi connectivity index (χ0) is 26.3. The molecule has 0 atom stereocenters. The van der Waals surface area contributed by atoms with Gasteiger partial charge >= 0.3 is 0 Å². The average Bonchev–Trinajstić information content (AvgIpc) is 3.71. The first-order valence-corrected chi connectivity index (χ1v) is 13.7. The Hall–Kier alpha value is -4.51. The van der Waals surface area contributed by atoms with Crippen LogP contribution in [0.2, 0.25) is 0 Å². The summed E-state index contributed by atoms with van der Waals surface area (Å²) in [5, 5.41) is 11.0. The third-order valence-electron chi connectivity index (χ3n) is 7.16. The number of anilines is 1. The molecule has 1 fully saturated rings. The summed E-state index contributed by atoms with van der Waals surface area (Å²) in [5.74, 6) is 0.670. The highest BCUT2D eigenvalue weighted by Crippen LogP contribution is 2.34. The number of aromatic nitrogens is 7. The maximum Gasteiger partial charge on any atom is 0.227 e. The van der Waals surface area contributed by atoms with E-state index in [9.17, 15) is 9.18 Å². The van der Waals surface area contributed by atoms with Crippen molar-refractivity contribution < 1.29 is 9.18 Å². The van der Waals surface area contributed by atoms with Crippen LogP contribution in [0.15, 0.2) is 55.1 Å². The van der Waals surface area contributed by atoms with Crippen molar-refractivity contribution in [3.8, 4) is 33.2 Å². The fourth-order valence-corrected chi connectivity index (χ4v) is 5.91. The third kappa shape index (κ3) is 4.44. The van der Waals surface area contributed by atoms with Gasteiger partial charge in [-0.2, -0.15) is 9.49 Å². The number of aromatic amines is 2. The quantitative estimate of drug-likeness (QED) is 0.235. The Morgan fingerprint density at radius 2 is 1.87 bits per heavy atom. The van der Waals surface area contributed by atoms with E-state index in [0.717, 1.165) is 59.0 Å². The number of nitrogens with one attached hydrogen (secondary N) is 3. The molecule has 9 nitrogen and oxygen atoms in total. The van der Waals surface area contributed by atoms with E-state index in [1.54, 1.807) is 30.9 Å². The second-order valence-electron chi connectivity index (χ2n) is 9.72. The number of hydrogen-bond acceptors (Lipinski definition) is 7. The molecule has 3 N–H and O–H groups in total. The van der Waals surface area contributed by atoms with E-state index < -0.39 is 0 Å². The summed E-state index contributed by atoms with van der Waals surface area (Å²) in [6.07, 6.45) is 12.1. The molecule has 1 aliphatic rings. The molecule has 0 unspecified atom stereocenters. The van der Waals surface area contributed by atoms with Gasteiger partial charge in [-0.3, -0.25) is 19.9 Å². The number of halogens is 1. The van der Waals surface area contributed by atoms with Gasteiger partial charge in [-0.1, -0.05) is 19.3 Å². The van der Waals surface area contributed by atoms with Gasteiger partial charge in [0.05, 0.1) is 27.7 Å². The lowest BCUT2D eigenvalue weighted by molar-refractivity contribution is -0.120. The van der Waals surface area contributed by atoms with Crippen LogP contribution in [0, 0.1) is 11.0 Å². The maximum atomic E-state index is 13.7. The number of carbonyl (C=O) groups is 1.